The Morgan fingerprint density at radius 2 is 1.00 bits per heavy atom. The van der Waals surface area contributed by atoms with Crippen LogP contribution in [0.15, 0.2) is 144 Å². The molecule has 0 bridgehead atoms. The Kier molecular flexibility index (Phi) is 9.99. The molecule has 1 atom stereocenters. The van der Waals surface area contributed by atoms with E-state index in [1.54, 1.807) is 0 Å². The fourth-order valence-electron chi connectivity index (χ4n) is 5.10. The molecule has 5 rings (SSSR count). The number of anilines is 1. The summed E-state index contributed by atoms with van der Waals surface area (Å²) in [6.07, 6.45) is -9.98. The number of benzene rings is 5. The largest absolute Gasteiger partial charge is 0.416 e. The van der Waals surface area contributed by atoms with Crippen LogP contribution in [0.1, 0.15) is 22.7 Å². The molecule has 0 saturated heterocycles. The van der Waals surface area contributed by atoms with E-state index in [-0.39, 0.29) is 17.7 Å². The Hall–Kier alpha value is -4.40. The van der Waals surface area contributed by atoms with Crippen LogP contribution in [0.25, 0.3) is 0 Å². The van der Waals surface area contributed by atoms with E-state index < -0.39 is 42.3 Å². The first kappa shape index (κ1) is 33.0. The number of hydrogen-bond donors (Lipinski definition) is 2. The maximum atomic E-state index is 13.5. The smallest absolute Gasteiger partial charge is 0.354 e. The van der Waals surface area contributed by atoms with Crippen molar-refractivity contribution in [3.05, 3.63) is 156 Å². The summed E-state index contributed by atoms with van der Waals surface area (Å²) in [5.41, 5.74) is -2.54. The van der Waals surface area contributed by atoms with Gasteiger partial charge < -0.3 is 10.6 Å². The lowest BCUT2D eigenvalue weighted by molar-refractivity contribution is -0.143. The van der Waals surface area contributed by atoms with Gasteiger partial charge in [-0.25, -0.2) is 0 Å². The summed E-state index contributed by atoms with van der Waals surface area (Å²) in [6.45, 7) is 0.175. The van der Waals surface area contributed by atoms with E-state index in [9.17, 15) is 26.3 Å². The molecule has 0 amide bonds. The second-order valence-electron chi connectivity index (χ2n) is 10.3. The zero-order valence-corrected chi connectivity index (χ0v) is 25.8. The predicted octanol–water partition coefficient (Wildman–Crippen LogP) is 8.93. The molecular weight excluding hydrogens is 639 g/mol. The highest BCUT2D eigenvalue weighted by Crippen LogP contribution is 2.47. The van der Waals surface area contributed by atoms with E-state index in [1.807, 2.05) is 121 Å². The number of nitrogens with one attached hydrogen (secondary N) is 2. The zero-order valence-electron chi connectivity index (χ0n) is 24.1. The van der Waals surface area contributed by atoms with Crippen molar-refractivity contribution in [2.75, 3.05) is 11.9 Å². The molecule has 0 saturated carbocycles. The third-order valence-corrected chi connectivity index (χ3v) is 11.2. The van der Waals surface area contributed by atoms with Gasteiger partial charge in [0.15, 0.2) is 5.11 Å². The van der Waals surface area contributed by atoms with Crippen LogP contribution >= 0.6 is 19.3 Å². The Morgan fingerprint density at radius 1 is 0.609 bits per heavy atom. The van der Waals surface area contributed by atoms with Crippen LogP contribution in [0.2, 0.25) is 0 Å². The van der Waals surface area contributed by atoms with Gasteiger partial charge in [0, 0.05) is 21.6 Å². The standard InChI is InChI=1S/C35H28F6N3PS/c36-34(37,38)26-21-27(35(39,40)41)23-28(22-26)43-33(46)44-32(25-13-5-1-6-14-25)24-42-45(29-15-7-2-8-16-29,30-17-9-3-10-18-30)31-19-11-4-12-20-31/h1-23,32H,24H2,(H2,43,44,46)/t32-/m0/s1. The number of thiocarbonyl (C=S) groups is 1. The molecule has 46 heavy (non-hydrogen) atoms. The van der Waals surface area contributed by atoms with Crippen molar-refractivity contribution in [3.8, 4) is 0 Å². The van der Waals surface area contributed by atoms with Gasteiger partial charge in [0.25, 0.3) is 0 Å². The van der Waals surface area contributed by atoms with Gasteiger partial charge in [0.2, 0.25) is 0 Å². The topological polar surface area (TPSA) is 36.4 Å². The summed E-state index contributed by atoms with van der Waals surface area (Å²) in [6, 6.07) is 39.7. The second kappa shape index (κ2) is 13.9. The van der Waals surface area contributed by atoms with E-state index >= 15 is 0 Å². The molecule has 0 aromatic heterocycles. The summed E-state index contributed by atoms with van der Waals surface area (Å²) in [7, 11) is -2.62. The van der Waals surface area contributed by atoms with Crippen molar-refractivity contribution in [1.82, 2.24) is 5.32 Å². The highest BCUT2D eigenvalue weighted by molar-refractivity contribution is 7.87. The minimum absolute atomic E-state index is 0.0767. The third kappa shape index (κ3) is 7.69. The van der Waals surface area contributed by atoms with Crippen molar-refractivity contribution in [3.63, 3.8) is 0 Å². The maximum absolute atomic E-state index is 13.5. The van der Waals surface area contributed by atoms with Crippen molar-refractivity contribution < 1.29 is 26.3 Å². The number of hydrogen-bond acceptors (Lipinski definition) is 2. The van der Waals surface area contributed by atoms with Crippen LogP contribution in [0, 0.1) is 0 Å². The molecule has 0 aliphatic heterocycles. The molecule has 2 N–H and O–H groups in total. The summed E-state index contributed by atoms with van der Waals surface area (Å²) >= 11 is 5.46. The Balaban J connectivity index is 1.57. The van der Waals surface area contributed by atoms with E-state index in [1.165, 1.54) is 0 Å². The van der Waals surface area contributed by atoms with Crippen LogP contribution in [-0.2, 0) is 12.4 Å². The van der Waals surface area contributed by atoms with E-state index in [4.69, 9.17) is 17.0 Å². The predicted molar refractivity (Wildman–Crippen MR) is 177 cm³/mol. The molecule has 5 aromatic carbocycles. The quantitative estimate of drug-likeness (QED) is 0.0986. The van der Waals surface area contributed by atoms with Crippen LogP contribution in [0.3, 0.4) is 0 Å². The fraction of sp³-hybridized carbons (Fsp3) is 0.114. The van der Waals surface area contributed by atoms with Crippen molar-refractivity contribution in [2.24, 2.45) is 4.74 Å². The molecule has 0 spiro atoms. The minimum Gasteiger partial charge on any atom is -0.354 e. The Labute approximate surface area is 268 Å². The average Bonchev–Trinajstić information content (AvgIpc) is 3.05. The van der Waals surface area contributed by atoms with Gasteiger partial charge in [0.05, 0.1) is 30.8 Å². The molecule has 11 heteroatoms. The van der Waals surface area contributed by atoms with Gasteiger partial charge in [-0.1, -0.05) is 121 Å². The van der Waals surface area contributed by atoms with E-state index in [2.05, 4.69) is 10.6 Å². The number of halogens is 6. The van der Waals surface area contributed by atoms with Gasteiger partial charge in [-0.3, -0.25) is 4.74 Å². The monoisotopic (exact) mass is 667 g/mol. The molecule has 0 fully saturated rings. The van der Waals surface area contributed by atoms with Crippen LogP contribution in [0.5, 0.6) is 0 Å². The summed E-state index contributed by atoms with van der Waals surface area (Å²) < 4.78 is 86.4. The maximum Gasteiger partial charge on any atom is 0.416 e. The first-order valence-corrected chi connectivity index (χ1v) is 16.3. The molecule has 5 aromatic rings. The molecule has 3 nitrogen and oxygen atoms in total. The lowest BCUT2D eigenvalue weighted by Gasteiger charge is -2.29. The summed E-state index contributed by atoms with van der Waals surface area (Å²) in [4.78, 5) is 0. The highest BCUT2D eigenvalue weighted by atomic mass is 32.1. The minimum atomic E-state index is -4.99. The van der Waals surface area contributed by atoms with Gasteiger partial charge in [-0.15, -0.1) is 0 Å². The molecule has 0 aliphatic carbocycles. The number of nitrogens with zero attached hydrogens (tertiary/aromatic N) is 1. The normalized spacial score (nSPS) is 12.7. The SMILES string of the molecule is FC(F)(F)c1cc(NC(=S)N[C@@H](CN=P(c2ccccc2)(c2ccccc2)c2ccccc2)c2ccccc2)cc(C(F)(F)F)c1. The zero-order chi connectivity index (χ0) is 32.8. The van der Waals surface area contributed by atoms with Gasteiger partial charge in [-0.05, 0) is 36.0 Å². The number of rotatable bonds is 8. The first-order chi connectivity index (χ1) is 22.0. The van der Waals surface area contributed by atoms with Crippen LogP contribution < -0.4 is 26.5 Å². The van der Waals surface area contributed by atoms with Gasteiger partial charge >= 0.3 is 12.4 Å². The van der Waals surface area contributed by atoms with Crippen LogP contribution in [0.4, 0.5) is 32.0 Å². The Bertz CT molecular complexity index is 1680. The molecule has 0 heterocycles. The van der Waals surface area contributed by atoms with Crippen LogP contribution in [-0.4, -0.2) is 11.7 Å². The van der Waals surface area contributed by atoms with E-state index in [0.29, 0.717) is 12.1 Å². The van der Waals surface area contributed by atoms with E-state index in [0.717, 1.165) is 21.5 Å². The molecule has 0 unspecified atom stereocenters. The molecular formula is C35H28F6N3PS. The summed E-state index contributed by atoms with van der Waals surface area (Å²) in [5.74, 6) is 0. The van der Waals surface area contributed by atoms with Gasteiger partial charge in [-0.2, -0.15) is 26.3 Å². The third-order valence-electron chi connectivity index (χ3n) is 7.22. The fourth-order valence-corrected chi connectivity index (χ4v) is 8.96. The lowest BCUT2D eigenvalue weighted by atomic mass is 10.1. The van der Waals surface area contributed by atoms with Crippen molar-refractivity contribution in [1.29, 1.82) is 0 Å². The highest BCUT2D eigenvalue weighted by Gasteiger charge is 2.37. The molecule has 236 valence electrons. The first-order valence-electron chi connectivity index (χ1n) is 14.1. The average molecular weight is 668 g/mol. The van der Waals surface area contributed by atoms with Crippen molar-refractivity contribution in [2.45, 2.75) is 18.4 Å². The Morgan fingerprint density at radius 3 is 1.39 bits per heavy atom. The number of alkyl halides is 6. The summed E-state index contributed by atoms with van der Waals surface area (Å²) in [5, 5.41) is 8.55. The molecule has 0 radical (unpaired) electrons. The lowest BCUT2D eigenvalue weighted by Crippen LogP contribution is -2.34. The second-order valence-corrected chi connectivity index (χ2v) is 13.8. The molecule has 0 aliphatic rings. The van der Waals surface area contributed by atoms with Crippen molar-refractivity contribution >= 4 is 46.0 Å². The van der Waals surface area contributed by atoms with Gasteiger partial charge in [0.1, 0.15) is 0 Å².